The van der Waals surface area contributed by atoms with Gasteiger partial charge in [-0.15, -0.1) is 12.4 Å². The van der Waals surface area contributed by atoms with Crippen molar-refractivity contribution in [1.82, 2.24) is 0 Å². The molecule has 0 bridgehead atoms. The molecule has 0 radical (unpaired) electrons. The molecule has 3 aromatic carbocycles. The molecule has 198 valence electrons. The van der Waals surface area contributed by atoms with E-state index in [4.69, 9.17) is 15.6 Å². The molecule has 0 aromatic heterocycles. The molecule has 0 heterocycles. The second kappa shape index (κ2) is 14.6. The summed E-state index contributed by atoms with van der Waals surface area (Å²) < 4.78 is 5.81. The number of carbonyl (C=O) groups excluding carboxylic acids is 2. The lowest BCUT2D eigenvalue weighted by Gasteiger charge is -2.23. The lowest BCUT2D eigenvalue weighted by molar-refractivity contribution is -0.149. The largest absolute Gasteiger partial charge is 0.451 e. The third kappa shape index (κ3) is 7.93. The van der Waals surface area contributed by atoms with Crippen LogP contribution in [0, 0.1) is 0 Å². The molecule has 9 heteroatoms. The van der Waals surface area contributed by atoms with E-state index in [2.05, 4.69) is 0 Å². The van der Waals surface area contributed by atoms with Gasteiger partial charge in [-0.3, -0.25) is 9.59 Å². The SMILES string of the molecule is Cl.NC(Cc1ccccc1C(=O)C(O)C(O)C(O)CCO)C(=O)OC(c1ccccc1)c1ccccc1. The third-order valence-electron chi connectivity index (χ3n) is 5.88. The van der Waals surface area contributed by atoms with Gasteiger partial charge in [0.25, 0.3) is 0 Å². The molecule has 4 unspecified atom stereocenters. The first-order valence-electron chi connectivity index (χ1n) is 11.7. The molecular formula is C28H32ClNO7. The highest BCUT2D eigenvalue weighted by atomic mass is 35.5. The van der Waals surface area contributed by atoms with Gasteiger partial charge in [0.1, 0.15) is 18.2 Å². The minimum absolute atomic E-state index is 0. The number of ketones is 1. The van der Waals surface area contributed by atoms with E-state index in [0.29, 0.717) is 5.56 Å². The van der Waals surface area contributed by atoms with Crippen molar-refractivity contribution in [3.63, 3.8) is 0 Å². The number of hydrogen-bond donors (Lipinski definition) is 5. The number of halogens is 1. The van der Waals surface area contributed by atoms with Crippen LogP contribution in [0.15, 0.2) is 84.9 Å². The monoisotopic (exact) mass is 529 g/mol. The summed E-state index contributed by atoms with van der Waals surface area (Å²) in [5.74, 6) is -1.50. The number of rotatable bonds is 12. The lowest BCUT2D eigenvalue weighted by atomic mass is 9.92. The van der Waals surface area contributed by atoms with Crippen molar-refractivity contribution in [2.75, 3.05) is 6.61 Å². The number of esters is 1. The summed E-state index contributed by atoms with van der Waals surface area (Å²) in [6, 6.07) is 23.7. The first kappa shape index (κ1) is 30.1. The maximum atomic E-state index is 13.0. The Hall–Kier alpha value is -3.11. The molecule has 3 rings (SSSR count). The highest BCUT2D eigenvalue weighted by molar-refractivity contribution is 6.01. The Kier molecular flexibility index (Phi) is 11.9. The van der Waals surface area contributed by atoms with Crippen molar-refractivity contribution in [2.45, 2.75) is 43.3 Å². The minimum atomic E-state index is -1.92. The maximum Gasteiger partial charge on any atom is 0.324 e. The molecule has 0 aliphatic heterocycles. The Labute approximate surface area is 221 Å². The number of carbonyl (C=O) groups is 2. The summed E-state index contributed by atoms with van der Waals surface area (Å²) in [6.45, 7) is -0.417. The summed E-state index contributed by atoms with van der Waals surface area (Å²) in [5, 5.41) is 39.2. The van der Waals surface area contributed by atoms with Crippen LogP contribution >= 0.6 is 12.4 Å². The fraction of sp³-hybridized carbons (Fsp3) is 0.286. The molecular weight excluding hydrogens is 498 g/mol. The predicted molar refractivity (Wildman–Crippen MR) is 140 cm³/mol. The van der Waals surface area contributed by atoms with E-state index in [1.54, 1.807) is 18.2 Å². The predicted octanol–water partition coefficient (Wildman–Crippen LogP) is 1.96. The van der Waals surface area contributed by atoms with Crippen LogP contribution in [0.1, 0.15) is 39.6 Å². The normalized spacial score (nSPS) is 14.2. The smallest absolute Gasteiger partial charge is 0.324 e. The third-order valence-corrected chi connectivity index (χ3v) is 5.88. The second-order valence-corrected chi connectivity index (χ2v) is 8.49. The zero-order chi connectivity index (χ0) is 26.1. The van der Waals surface area contributed by atoms with Crippen LogP contribution in [-0.2, 0) is 16.0 Å². The van der Waals surface area contributed by atoms with Gasteiger partial charge in [0.2, 0.25) is 0 Å². The van der Waals surface area contributed by atoms with E-state index in [1.807, 2.05) is 60.7 Å². The lowest BCUT2D eigenvalue weighted by Crippen LogP contribution is -2.43. The van der Waals surface area contributed by atoms with Crippen LogP contribution in [0.4, 0.5) is 0 Å². The number of benzene rings is 3. The van der Waals surface area contributed by atoms with Gasteiger partial charge in [-0.05, 0) is 29.5 Å². The zero-order valence-corrected chi connectivity index (χ0v) is 20.9. The van der Waals surface area contributed by atoms with E-state index >= 15 is 0 Å². The molecule has 0 saturated carbocycles. The fourth-order valence-electron chi connectivity index (χ4n) is 3.87. The molecule has 4 atom stereocenters. The molecule has 3 aromatic rings. The summed E-state index contributed by atoms with van der Waals surface area (Å²) in [6.07, 6.45) is -6.11. The zero-order valence-electron chi connectivity index (χ0n) is 20.1. The Morgan fingerprint density at radius 3 is 1.86 bits per heavy atom. The highest BCUT2D eigenvalue weighted by Gasteiger charge is 2.32. The van der Waals surface area contributed by atoms with E-state index in [0.717, 1.165) is 11.1 Å². The quantitative estimate of drug-likeness (QED) is 0.176. The van der Waals surface area contributed by atoms with E-state index < -0.39 is 48.8 Å². The Morgan fingerprint density at radius 1 is 0.811 bits per heavy atom. The van der Waals surface area contributed by atoms with Gasteiger partial charge < -0.3 is 30.9 Å². The van der Waals surface area contributed by atoms with Crippen molar-refractivity contribution in [1.29, 1.82) is 0 Å². The maximum absolute atomic E-state index is 13.0. The van der Waals surface area contributed by atoms with Crippen molar-refractivity contribution in [3.8, 4) is 0 Å². The molecule has 37 heavy (non-hydrogen) atoms. The molecule has 0 amide bonds. The van der Waals surface area contributed by atoms with Gasteiger partial charge >= 0.3 is 5.97 Å². The van der Waals surface area contributed by atoms with E-state index in [-0.39, 0.29) is 30.8 Å². The number of hydrogen-bond acceptors (Lipinski definition) is 8. The van der Waals surface area contributed by atoms with Gasteiger partial charge in [0, 0.05) is 12.2 Å². The van der Waals surface area contributed by atoms with Crippen LogP contribution in [0.25, 0.3) is 0 Å². The average Bonchev–Trinajstić information content (AvgIpc) is 2.91. The molecule has 0 aliphatic carbocycles. The number of Topliss-reactive ketones (excluding diaryl/α,β-unsaturated/α-hetero) is 1. The van der Waals surface area contributed by atoms with Crippen LogP contribution in [-0.4, -0.2) is 63.1 Å². The van der Waals surface area contributed by atoms with Crippen LogP contribution in [0.2, 0.25) is 0 Å². The Bertz CT molecular complexity index is 1090. The molecule has 0 saturated heterocycles. The second-order valence-electron chi connectivity index (χ2n) is 8.49. The Balaban J connectivity index is 0.00000481. The highest BCUT2D eigenvalue weighted by Crippen LogP contribution is 2.26. The van der Waals surface area contributed by atoms with Gasteiger partial charge in [0.15, 0.2) is 11.9 Å². The average molecular weight is 530 g/mol. The summed E-state index contributed by atoms with van der Waals surface area (Å²) >= 11 is 0. The molecule has 0 aliphatic rings. The molecule has 0 spiro atoms. The standard InChI is InChI=1S/C28H31NO7.ClH/c29-22(28(35)36-27(18-9-3-1-4-10-18)19-11-5-2-6-12-19)17-20-13-7-8-14-21(20)24(32)26(34)25(33)23(31)15-16-30;/h1-14,22-23,25-27,30-31,33-34H,15-17,29H2;1H. The van der Waals surface area contributed by atoms with Gasteiger partial charge in [-0.25, -0.2) is 0 Å². The van der Waals surface area contributed by atoms with Crippen molar-refractivity contribution in [2.24, 2.45) is 5.73 Å². The number of nitrogens with two attached hydrogens (primary N) is 1. The topological polar surface area (TPSA) is 150 Å². The molecule has 0 fully saturated rings. The van der Waals surface area contributed by atoms with Crippen molar-refractivity contribution >= 4 is 24.2 Å². The molecule has 6 N–H and O–H groups in total. The van der Waals surface area contributed by atoms with Gasteiger partial charge in [-0.2, -0.15) is 0 Å². The summed E-state index contributed by atoms with van der Waals surface area (Å²) in [4.78, 5) is 25.9. The number of aliphatic hydroxyl groups excluding tert-OH is 4. The van der Waals surface area contributed by atoms with E-state index in [9.17, 15) is 24.9 Å². The van der Waals surface area contributed by atoms with E-state index in [1.165, 1.54) is 6.07 Å². The Morgan fingerprint density at radius 2 is 1.32 bits per heavy atom. The van der Waals surface area contributed by atoms with Crippen LogP contribution in [0.3, 0.4) is 0 Å². The van der Waals surface area contributed by atoms with Crippen molar-refractivity contribution < 1.29 is 34.8 Å². The minimum Gasteiger partial charge on any atom is -0.451 e. The first-order chi connectivity index (χ1) is 17.3. The van der Waals surface area contributed by atoms with Crippen molar-refractivity contribution in [3.05, 3.63) is 107 Å². The molecule has 8 nitrogen and oxygen atoms in total. The van der Waals surface area contributed by atoms with Crippen LogP contribution < -0.4 is 5.73 Å². The fourth-order valence-corrected chi connectivity index (χ4v) is 3.87. The van der Waals surface area contributed by atoms with Gasteiger partial charge in [-0.1, -0.05) is 84.9 Å². The number of ether oxygens (including phenoxy) is 1. The summed E-state index contributed by atoms with van der Waals surface area (Å²) in [7, 11) is 0. The van der Waals surface area contributed by atoms with Gasteiger partial charge in [0.05, 0.1) is 6.10 Å². The summed E-state index contributed by atoms with van der Waals surface area (Å²) in [5.41, 5.74) is 8.18. The first-order valence-corrected chi connectivity index (χ1v) is 11.7. The van der Waals surface area contributed by atoms with Crippen LogP contribution in [0.5, 0.6) is 0 Å². The number of aliphatic hydroxyl groups is 4.